The Morgan fingerprint density at radius 3 is 1.13 bits per heavy atom. The number of halogens is 6. The fourth-order valence-electron chi connectivity index (χ4n) is 2.22. The molecule has 0 aliphatic heterocycles. The molecule has 0 radical (unpaired) electrons. The van der Waals surface area contributed by atoms with Gasteiger partial charge in [0.25, 0.3) is 0 Å². The molecule has 0 saturated carbocycles. The molecule has 0 unspecified atom stereocenters. The molecule has 0 saturated heterocycles. The predicted octanol–water partition coefficient (Wildman–Crippen LogP) is 5.51. The Morgan fingerprint density at radius 1 is 0.565 bits per heavy atom. The normalized spacial score (nSPS) is 12.1. The first kappa shape index (κ1) is 18.3. The van der Waals surface area contributed by atoms with Crippen molar-refractivity contribution in [1.82, 2.24) is 0 Å². The van der Waals surface area contributed by atoms with Gasteiger partial charge in [0.15, 0.2) is 0 Å². The molecule has 0 amide bonds. The average Bonchev–Trinajstić information content (AvgIpc) is 2.46. The molecule has 120 valence electrons. The third kappa shape index (κ3) is 5.51. The van der Waals surface area contributed by atoms with Crippen molar-refractivity contribution in [1.29, 1.82) is 0 Å². The number of hydrogen-bond donors (Lipinski definition) is 0. The summed E-state index contributed by atoms with van der Waals surface area (Å²) >= 11 is -1.41. The molecule has 0 aliphatic carbocycles. The first-order valence-electron chi connectivity index (χ1n) is 6.98. The van der Waals surface area contributed by atoms with E-state index in [4.69, 9.17) is 0 Å². The summed E-state index contributed by atoms with van der Waals surface area (Å²) in [5.74, 6) is 0. The monoisotopic (exact) mass is 520 g/mol. The average molecular weight is 519 g/mol. The van der Waals surface area contributed by atoms with Gasteiger partial charge >= 0.3 is 142 Å². The molecule has 0 spiro atoms. The van der Waals surface area contributed by atoms with Crippen molar-refractivity contribution in [3.8, 4) is 0 Å². The maximum atomic E-state index is 12.4. The number of rotatable bonds is 4. The van der Waals surface area contributed by atoms with Crippen molar-refractivity contribution in [2.45, 2.75) is 20.2 Å². The molecular formula is C16H12F6Hg. The van der Waals surface area contributed by atoms with E-state index in [-0.39, 0.29) is 0 Å². The molecule has 0 nitrogen and oxygen atoms in total. The van der Waals surface area contributed by atoms with Gasteiger partial charge < -0.3 is 0 Å². The molecule has 0 bridgehead atoms. The summed E-state index contributed by atoms with van der Waals surface area (Å²) in [6.45, 7) is 0. The van der Waals surface area contributed by atoms with Crippen molar-refractivity contribution >= 4 is 0 Å². The number of alkyl halides is 6. The summed E-state index contributed by atoms with van der Waals surface area (Å²) in [4.78, 5) is 0. The van der Waals surface area contributed by atoms with Crippen molar-refractivity contribution in [3.05, 3.63) is 70.8 Å². The van der Waals surface area contributed by atoms with Crippen LogP contribution < -0.4 is 0 Å². The van der Waals surface area contributed by atoms with Crippen molar-refractivity contribution in [3.63, 3.8) is 0 Å². The predicted molar refractivity (Wildman–Crippen MR) is 70.3 cm³/mol. The van der Waals surface area contributed by atoms with Crippen LogP contribution in [-0.2, 0) is 44.8 Å². The topological polar surface area (TPSA) is 0 Å². The molecule has 0 aliphatic rings. The SMILES string of the molecule is FC(F)(F)c1ccc([CH2][Hg][CH2]c2ccc(C(F)(F)F)cc2)cc1. The molecular weight excluding hydrogens is 507 g/mol. The Bertz CT molecular complexity index is 568. The molecule has 2 aromatic rings. The Hall–Kier alpha value is -1.04. The maximum absolute atomic E-state index is 12.4. The van der Waals surface area contributed by atoms with Crippen LogP contribution >= 0.6 is 0 Å². The second-order valence-corrected chi connectivity index (χ2v) is 11.9. The molecule has 2 rings (SSSR count). The van der Waals surface area contributed by atoms with Gasteiger partial charge in [0, 0.05) is 0 Å². The van der Waals surface area contributed by atoms with Gasteiger partial charge in [-0.05, 0) is 0 Å². The summed E-state index contributed by atoms with van der Waals surface area (Å²) < 4.78 is 76.2. The summed E-state index contributed by atoms with van der Waals surface area (Å²) in [6.07, 6.45) is -8.66. The number of benzene rings is 2. The Labute approximate surface area is 141 Å². The third-order valence-corrected chi connectivity index (χ3v) is 10.7. The van der Waals surface area contributed by atoms with Crippen molar-refractivity contribution < 1.29 is 50.9 Å². The van der Waals surface area contributed by atoms with Crippen LogP contribution in [0.4, 0.5) is 26.3 Å². The van der Waals surface area contributed by atoms with E-state index in [2.05, 4.69) is 0 Å². The Balaban J connectivity index is 1.87. The van der Waals surface area contributed by atoms with E-state index in [9.17, 15) is 26.3 Å². The molecule has 0 aromatic heterocycles. The van der Waals surface area contributed by atoms with Gasteiger partial charge in [0.05, 0.1) is 0 Å². The van der Waals surface area contributed by atoms with E-state index in [1.165, 1.54) is 24.3 Å². The van der Waals surface area contributed by atoms with E-state index in [1.54, 1.807) is 0 Å². The van der Waals surface area contributed by atoms with Crippen molar-refractivity contribution in [2.75, 3.05) is 0 Å². The van der Waals surface area contributed by atoms with Crippen LogP contribution in [0.3, 0.4) is 0 Å². The van der Waals surface area contributed by atoms with Gasteiger partial charge in [-0.1, -0.05) is 0 Å². The number of hydrogen-bond acceptors (Lipinski definition) is 0. The molecule has 0 atom stereocenters. The first-order valence-corrected chi connectivity index (χ1v) is 14.8. The quantitative estimate of drug-likeness (QED) is 0.370. The van der Waals surface area contributed by atoms with E-state index in [0.29, 0.717) is 0 Å². The summed E-state index contributed by atoms with van der Waals surface area (Å²) in [6, 6.07) is 10.2. The van der Waals surface area contributed by atoms with Crippen LogP contribution in [0.25, 0.3) is 0 Å². The Morgan fingerprint density at radius 2 is 0.870 bits per heavy atom. The second-order valence-electron chi connectivity index (χ2n) is 5.24. The van der Waals surface area contributed by atoms with Crippen LogP contribution in [0.1, 0.15) is 22.3 Å². The zero-order valence-electron chi connectivity index (χ0n) is 12.0. The van der Waals surface area contributed by atoms with Crippen LogP contribution in [0.15, 0.2) is 48.5 Å². The van der Waals surface area contributed by atoms with Gasteiger partial charge in [-0.3, -0.25) is 0 Å². The van der Waals surface area contributed by atoms with Crippen LogP contribution in [0.5, 0.6) is 0 Å². The molecule has 23 heavy (non-hydrogen) atoms. The molecule has 0 heterocycles. The van der Waals surface area contributed by atoms with Gasteiger partial charge in [-0.15, -0.1) is 0 Å². The van der Waals surface area contributed by atoms with E-state index < -0.39 is 48.1 Å². The van der Waals surface area contributed by atoms with Gasteiger partial charge in [0.2, 0.25) is 0 Å². The van der Waals surface area contributed by atoms with Crippen LogP contribution in [-0.4, -0.2) is 0 Å². The van der Waals surface area contributed by atoms with Gasteiger partial charge in [0.1, 0.15) is 0 Å². The fraction of sp³-hybridized carbons (Fsp3) is 0.250. The van der Waals surface area contributed by atoms with Gasteiger partial charge in [-0.2, -0.15) is 0 Å². The second kappa shape index (κ2) is 7.24. The summed E-state index contributed by atoms with van der Waals surface area (Å²) in [5.41, 5.74) is 0.402. The van der Waals surface area contributed by atoms with E-state index in [0.717, 1.165) is 43.3 Å². The molecule has 7 heteroatoms. The van der Waals surface area contributed by atoms with E-state index in [1.807, 2.05) is 0 Å². The first-order chi connectivity index (χ1) is 10.7. The Kier molecular flexibility index (Phi) is 5.76. The molecule has 2 aromatic carbocycles. The van der Waals surface area contributed by atoms with E-state index >= 15 is 0 Å². The van der Waals surface area contributed by atoms with Crippen LogP contribution in [0.2, 0.25) is 0 Å². The summed E-state index contributed by atoms with van der Waals surface area (Å²) in [5, 5.41) is 0. The minimum atomic E-state index is -4.33. The minimum absolute atomic E-state index is 0.666. The fourth-order valence-corrected chi connectivity index (χ4v) is 8.67. The van der Waals surface area contributed by atoms with Crippen LogP contribution in [0, 0.1) is 0 Å². The molecule has 0 N–H and O–H groups in total. The standard InChI is InChI=1S/2C8H6F3.Hg/c2*1-6-2-4-7(5-3-6)8(9,10)11;/h2*2-5H,1H2;. The summed E-state index contributed by atoms with van der Waals surface area (Å²) in [7, 11) is 0. The zero-order chi connectivity index (χ0) is 17.1. The third-order valence-electron chi connectivity index (χ3n) is 3.49. The molecule has 0 fully saturated rings. The zero-order valence-corrected chi connectivity index (χ0v) is 17.5. The van der Waals surface area contributed by atoms with Crippen molar-refractivity contribution in [2.24, 2.45) is 0 Å². The van der Waals surface area contributed by atoms with Gasteiger partial charge in [-0.25, -0.2) is 0 Å².